The Hall–Kier alpha value is -2.62. The lowest BCUT2D eigenvalue weighted by Gasteiger charge is -2.37. The van der Waals surface area contributed by atoms with Gasteiger partial charge in [-0.15, -0.1) is 0 Å². The van der Waals surface area contributed by atoms with Crippen molar-refractivity contribution in [3.05, 3.63) is 71.8 Å². The molecule has 1 aliphatic heterocycles. The maximum absolute atomic E-state index is 12.1. The van der Waals surface area contributed by atoms with E-state index in [1.54, 1.807) is 0 Å². The van der Waals surface area contributed by atoms with Gasteiger partial charge in [0.05, 0.1) is 12.5 Å². The van der Waals surface area contributed by atoms with Gasteiger partial charge in [-0.25, -0.2) is 9.69 Å². The van der Waals surface area contributed by atoms with Gasteiger partial charge in [0.25, 0.3) is 0 Å². The number of imide groups is 1. The number of ether oxygens (including phenoxy) is 1. The van der Waals surface area contributed by atoms with Crippen LogP contribution in [-0.2, 0) is 16.1 Å². The summed E-state index contributed by atoms with van der Waals surface area (Å²) < 4.78 is 5.22. The van der Waals surface area contributed by atoms with Crippen LogP contribution in [0.15, 0.2) is 60.7 Å². The Labute approximate surface area is 123 Å². The number of rotatable bonds is 3. The van der Waals surface area contributed by atoms with Crippen LogP contribution in [0.25, 0.3) is 0 Å². The van der Waals surface area contributed by atoms with E-state index in [-0.39, 0.29) is 18.6 Å². The number of β-lactam (4-membered cyclic amide) rings is 1. The third-order valence-corrected chi connectivity index (χ3v) is 3.53. The number of likely N-dealkylation sites (tertiary alicyclic amines) is 1. The van der Waals surface area contributed by atoms with Gasteiger partial charge < -0.3 is 4.74 Å². The highest BCUT2D eigenvalue weighted by atomic mass is 16.6. The van der Waals surface area contributed by atoms with Crippen molar-refractivity contribution < 1.29 is 14.3 Å². The summed E-state index contributed by atoms with van der Waals surface area (Å²) in [4.78, 5) is 25.0. The van der Waals surface area contributed by atoms with Crippen molar-refractivity contribution >= 4 is 12.0 Å². The molecular weight excluding hydrogens is 266 g/mol. The zero-order valence-corrected chi connectivity index (χ0v) is 11.4. The first-order valence-electron chi connectivity index (χ1n) is 6.83. The van der Waals surface area contributed by atoms with Crippen molar-refractivity contribution in [1.29, 1.82) is 0 Å². The van der Waals surface area contributed by atoms with Crippen LogP contribution in [0.1, 0.15) is 23.6 Å². The molecular formula is C17H15NO3. The summed E-state index contributed by atoms with van der Waals surface area (Å²) in [5.41, 5.74) is 1.85. The normalized spacial score (nSPS) is 17.2. The second kappa shape index (κ2) is 5.79. The number of benzene rings is 2. The number of carbonyl (C=O) groups excluding carboxylic acids is 2. The van der Waals surface area contributed by atoms with Gasteiger partial charge in [-0.1, -0.05) is 60.7 Å². The van der Waals surface area contributed by atoms with Crippen molar-refractivity contribution in [2.24, 2.45) is 0 Å². The SMILES string of the molecule is O=C1CC(c2ccccc2)N1C(=O)OCc1ccccc1. The number of nitrogens with zero attached hydrogens (tertiary/aromatic N) is 1. The lowest BCUT2D eigenvalue weighted by Crippen LogP contribution is -2.50. The van der Waals surface area contributed by atoms with Gasteiger partial charge in [0, 0.05) is 0 Å². The fourth-order valence-corrected chi connectivity index (χ4v) is 2.38. The second-order valence-electron chi connectivity index (χ2n) is 4.93. The van der Waals surface area contributed by atoms with Crippen molar-refractivity contribution in [3.63, 3.8) is 0 Å². The van der Waals surface area contributed by atoms with Gasteiger partial charge >= 0.3 is 6.09 Å². The number of amides is 2. The predicted octanol–water partition coefficient (Wildman–Crippen LogP) is 3.30. The fraction of sp³-hybridized carbons (Fsp3) is 0.176. The standard InChI is InChI=1S/C17H15NO3/c19-16-11-15(14-9-5-2-6-10-14)18(16)17(20)21-12-13-7-3-1-4-8-13/h1-10,15H,11-12H2. The van der Waals surface area contributed by atoms with E-state index in [0.29, 0.717) is 6.42 Å². The Morgan fingerprint density at radius 2 is 1.67 bits per heavy atom. The average Bonchev–Trinajstić information content (AvgIpc) is 2.52. The smallest absolute Gasteiger partial charge is 0.417 e. The quantitative estimate of drug-likeness (QED) is 0.811. The van der Waals surface area contributed by atoms with Crippen LogP contribution >= 0.6 is 0 Å². The molecule has 0 aliphatic carbocycles. The van der Waals surface area contributed by atoms with E-state index >= 15 is 0 Å². The minimum Gasteiger partial charge on any atom is -0.444 e. The van der Waals surface area contributed by atoms with Crippen LogP contribution in [-0.4, -0.2) is 16.9 Å². The average molecular weight is 281 g/mol. The first-order chi connectivity index (χ1) is 10.3. The molecule has 2 aromatic carbocycles. The van der Waals surface area contributed by atoms with Crippen LogP contribution in [0.3, 0.4) is 0 Å². The van der Waals surface area contributed by atoms with E-state index in [2.05, 4.69) is 0 Å². The fourth-order valence-electron chi connectivity index (χ4n) is 2.38. The first-order valence-corrected chi connectivity index (χ1v) is 6.83. The van der Waals surface area contributed by atoms with Crippen LogP contribution in [0.4, 0.5) is 4.79 Å². The molecule has 1 unspecified atom stereocenters. The summed E-state index contributed by atoms with van der Waals surface area (Å²) in [7, 11) is 0. The first kappa shape index (κ1) is 13.4. The summed E-state index contributed by atoms with van der Waals surface area (Å²) in [5.74, 6) is -0.193. The molecule has 1 atom stereocenters. The molecule has 0 spiro atoms. The molecule has 1 aliphatic rings. The van der Waals surface area contributed by atoms with Crippen LogP contribution in [0, 0.1) is 0 Å². The topological polar surface area (TPSA) is 46.6 Å². The molecule has 1 fully saturated rings. The molecule has 106 valence electrons. The lowest BCUT2D eigenvalue weighted by atomic mass is 9.95. The van der Waals surface area contributed by atoms with Crippen molar-refractivity contribution in [3.8, 4) is 0 Å². The summed E-state index contributed by atoms with van der Waals surface area (Å²) in [6, 6.07) is 18.7. The Balaban J connectivity index is 1.65. The molecule has 4 nitrogen and oxygen atoms in total. The summed E-state index contributed by atoms with van der Waals surface area (Å²) in [5, 5.41) is 0. The Kier molecular flexibility index (Phi) is 3.69. The van der Waals surface area contributed by atoms with E-state index in [1.165, 1.54) is 4.90 Å². The van der Waals surface area contributed by atoms with Crippen molar-refractivity contribution in [1.82, 2.24) is 4.90 Å². The molecule has 3 rings (SSSR count). The third-order valence-electron chi connectivity index (χ3n) is 3.53. The molecule has 1 heterocycles. The van der Waals surface area contributed by atoms with E-state index < -0.39 is 6.09 Å². The number of carbonyl (C=O) groups is 2. The highest BCUT2D eigenvalue weighted by Gasteiger charge is 2.42. The largest absolute Gasteiger partial charge is 0.444 e. The Morgan fingerprint density at radius 3 is 2.29 bits per heavy atom. The number of hydrogen-bond donors (Lipinski definition) is 0. The Morgan fingerprint density at radius 1 is 1.05 bits per heavy atom. The third kappa shape index (κ3) is 2.79. The van der Waals surface area contributed by atoms with E-state index in [9.17, 15) is 9.59 Å². The molecule has 21 heavy (non-hydrogen) atoms. The van der Waals surface area contributed by atoms with Gasteiger partial charge in [-0.05, 0) is 11.1 Å². The van der Waals surface area contributed by atoms with Gasteiger partial charge in [0.1, 0.15) is 6.61 Å². The maximum atomic E-state index is 12.1. The van der Waals surface area contributed by atoms with Crippen LogP contribution in [0.5, 0.6) is 0 Å². The second-order valence-corrected chi connectivity index (χ2v) is 4.93. The van der Waals surface area contributed by atoms with Gasteiger partial charge in [-0.3, -0.25) is 4.79 Å². The van der Waals surface area contributed by atoms with Crippen molar-refractivity contribution in [2.45, 2.75) is 19.1 Å². The van der Waals surface area contributed by atoms with Crippen LogP contribution < -0.4 is 0 Å². The molecule has 0 saturated carbocycles. The molecule has 0 bridgehead atoms. The van der Waals surface area contributed by atoms with E-state index in [4.69, 9.17) is 4.74 Å². The van der Waals surface area contributed by atoms with Gasteiger partial charge in [0.2, 0.25) is 5.91 Å². The van der Waals surface area contributed by atoms with Gasteiger partial charge in [-0.2, -0.15) is 0 Å². The van der Waals surface area contributed by atoms with Crippen molar-refractivity contribution in [2.75, 3.05) is 0 Å². The predicted molar refractivity (Wildman–Crippen MR) is 77.3 cm³/mol. The summed E-state index contributed by atoms with van der Waals surface area (Å²) in [6.07, 6.45) is -0.228. The molecule has 0 N–H and O–H groups in total. The minimum atomic E-state index is -0.580. The Bertz CT molecular complexity index is 640. The molecule has 1 saturated heterocycles. The maximum Gasteiger partial charge on any atom is 0.417 e. The van der Waals surface area contributed by atoms with Crippen LogP contribution in [0.2, 0.25) is 0 Å². The molecule has 2 aromatic rings. The number of hydrogen-bond acceptors (Lipinski definition) is 3. The van der Waals surface area contributed by atoms with E-state index in [1.807, 2.05) is 60.7 Å². The van der Waals surface area contributed by atoms with Gasteiger partial charge in [0.15, 0.2) is 0 Å². The summed E-state index contributed by atoms with van der Waals surface area (Å²) in [6.45, 7) is 0.172. The summed E-state index contributed by atoms with van der Waals surface area (Å²) >= 11 is 0. The zero-order chi connectivity index (χ0) is 14.7. The molecule has 0 aromatic heterocycles. The monoisotopic (exact) mass is 281 g/mol. The zero-order valence-electron chi connectivity index (χ0n) is 11.4. The molecule has 2 amide bonds. The highest BCUT2D eigenvalue weighted by molar-refractivity contribution is 5.97. The lowest BCUT2D eigenvalue weighted by molar-refractivity contribution is -0.143. The minimum absolute atomic E-state index is 0.172. The highest BCUT2D eigenvalue weighted by Crippen LogP contribution is 2.34. The molecule has 4 heteroatoms. The molecule has 0 radical (unpaired) electrons. The van der Waals surface area contributed by atoms with E-state index in [0.717, 1.165) is 11.1 Å².